The van der Waals surface area contributed by atoms with Gasteiger partial charge in [0.25, 0.3) is 0 Å². The number of nitrogens with zero attached hydrogens (tertiary/aromatic N) is 1. The Hall–Kier alpha value is -2.70. The van der Waals surface area contributed by atoms with Crippen LogP contribution >= 0.6 is 11.6 Å². The van der Waals surface area contributed by atoms with Crippen LogP contribution in [0.3, 0.4) is 0 Å². The van der Waals surface area contributed by atoms with E-state index in [2.05, 4.69) is 41.3 Å². The lowest BCUT2D eigenvalue weighted by Gasteiger charge is -2.38. The molecular weight excluding hydrogens is 438 g/mol. The molecule has 0 saturated carbocycles. The summed E-state index contributed by atoms with van der Waals surface area (Å²) in [4.78, 5) is 15.4. The largest absolute Gasteiger partial charge is 0.486 e. The number of piperidine rings is 1. The van der Waals surface area contributed by atoms with Crippen molar-refractivity contribution in [2.75, 3.05) is 51.0 Å². The molecule has 0 amide bonds. The summed E-state index contributed by atoms with van der Waals surface area (Å²) in [5, 5.41) is 7.20. The van der Waals surface area contributed by atoms with Gasteiger partial charge in [-0.15, -0.1) is 0 Å². The van der Waals surface area contributed by atoms with Crippen LogP contribution in [0, 0.1) is 5.92 Å². The second-order valence-corrected chi connectivity index (χ2v) is 9.17. The van der Waals surface area contributed by atoms with Crippen molar-refractivity contribution in [2.24, 2.45) is 5.92 Å². The molecule has 0 aromatic heterocycles. The lowest BCUT2D eigenvalue weighted by Crippen LogP contribution is -2.44. The molecule has 2 heterocycles. The van der Waals surface area contributed by atoms with Gasteiger partial charge in [-0.2, -0.15) is 0 Å². The van der Waals surface area contributed by atoms with Gasteiger partial charge in [0.15, 0.2) is 17.3 Å². The molecular formula is C26H32ClN3O3. The molecule has 0 radical (unpaired) electrons. The molecule has 1 saturated heterocycles. The van der Waals surface area contributed by atoms with Gasteiger partial charge in [-0.25, -0.2) is 0 Å². The molecule has 0 bridgehead atoms. The van der Waals surface area contributed by atoms with Crippen LogP contribution in [0.2, 0.25) is 5.02 Å². The van der Waals surface area contributed by atoms with Crippen molar-refractivity contribution >= 4 is 28.8 Å². The Bertz CT molecular complexity index is 1030. The number of likely N-dealkylation sites (N-methyl/N-ethyl adjacent to an activating group) is 1. The number of nitrogens with one attached hydrogen (secondary N) is 2. The maximum absolute atomic E-state index is 13.1. The second kappa shape index (κ2) is 10.5. The Morgan fingerprint density at radius 3 is 2.61 bits per heavy atom. The smallest absolute Gasteiger partial charge is 0.168 e. The first-order valence-electron chi connectivity index (χ1n) is 11.5. The lowest BCUT2D eigenvalue weighted by atomic mass is 9.83. The molecule has 33 heavy (non-hydrogen) atoms. The number of Topliss-reactive ketones (excluding diaryl/α,β-unsaturated/α-hetero) is 1. The number of fused-ring (bicyclic) bond motifs is 1. The van der Waals surface area contributed by atoms with Crippen molar-refractivity contribution in [1.82, 2.24) is 4.90 Å². The van der Waals surface area contributed by atoms with Crippen LogP contribution in [0.25, 0.3) is 0 Å². The summed E-state index contributed by atoms with van der Waals surface area (Å²) in [5.41, 5.74) is 3.62. The molecule has 0 aliphatic carbocycles. The average Bonchev–Trinajstić information content (AvgIpc) is 2.83. The summed E-state index contributed by atoms with van der Waals surface area (Å²) >= 11 is 6.39. The molecule has 2 aromatic rings. The molecule has 2 N–H and O–H groups in total. The predicted octanol–water partition coefficient (Wildman–Crippen LogP) is 5.10. The quantitative estimate of drug-likeness (QED) is 0.414. The van der Waals surface area contributed by atoms with Crippen molar-refractivity contribution in [3.8, 4) is 11.5 Å². The summed E-state index contributed by atoms with van der Waals surface area (Å²) in [7, 11) is 4.09. The summed E-state index contributed by atoms with van der Waals surface area (Å²) in [6.45, 7) is 7.06. The van der Waals surface area contributed by atoms with Crippen molar-refractivity contribution in [1.29, 1.82) is 0 Å². The van der Waals surface area contributed by atoms with E-state index in [4.69, 9.17) is 21.1 Å². The Labute approximate surface area is 200 Å². The summed E-state index contributed by atoms with van der Waals surface area (Å²) in [6, 6.07) is 11.9. The lowest BCUT2D eigenvalue weighted by molar-refractivity contribution is 0.0982. The summed E-state index contributed by atoms with van der Waals surface area (Å²) in [6.07, 6.45) is 2.25. The molecule has 176 valence electrons. The number of halogens is 1. The van der Waals surface area contributed by atoms with E-state index in [1.54, 1.807) is 12.1 Å². The van der Waals surface area contributed by atoms with Crippen LogP contribution in [0.5, 0.6) is 11.5 Å². The number of para-hydroxylation sites is 2. The van der Waals surface area contributed by atoms with Gasteiger partial charge in [0.1, 0.15) is 13.2 Å². The van der Waals surface area contributed by atoms with Crippen molar-refractivity contribution in [3.05, 3.63) is 59.1 Å². The molecule has 0 spiro atoms. The first-order valence-corrected chi connectivity index (χ1v) is 11.8. The molecule has 7 heteroatoms. The molecule has 2 aromatic carbocycles. The van der Waals surface area contributed by atoms with Crippen molar-refractivity contribution in [3.63, 3.8) is 0 Å². The highest BCUT2D eigenvalue weighted by molar-refractivity contribution is 6.34. The molecule has 1 fully saturated rings. The summed E-state index contributed by atoms with van der Waals surface area (Å²) in [5.74, 6) is 1.44. The SMILES string of the molecule is C=C(CC(=O)c1cc2c(cc1Cl)OCCO2)[C@@H]1CCN(C)C(CNc2ccccc2NC)C1. The van der Waals surface area contributed by atoms with E-state index in [1.165, 1.54) is 0 Å². The number of ether oxygens (including phenoxy) is 2. The van der Waals surface area contributed by atoms with Crippen LogP contribution < -0.4 is 20.1 Å². The second-order valence-electron chi connectivity index (χ2n) is 8.77. The zero-order valence-electron chi connectivity index (χ0n) is 19.3. The first kappa shape index (κ1) is 23.5. The number of ketones is 1. The van der Waals surface area contributed by atoms with Crippen molar-refractivity contribution in [2.45, 2.75) is 25.3 Å². The third-order valence-corrected chi connectivity index (χ3v) is 6.94. The number of likely N-dealkylation sites (tertiary alicyclic amines) is 1. The molecule has 4 rings (SSSR count). The topological polar surface area (TPSA) is 62.8 Å². The van der Waals surface area contributed by atoms with Crippen molar-refractivity contribution < 1.29 is 14.3 Å². The van der Waals surface area contributed by atoms with E-state index < -0.39 is 0 Å². The van der Waals surface area contributed by atoms with Crippen LogP contribution in [0.1, 0.15) is 29.6 Å². The zero-order chi connectivity index (χ0) is 23.4. The molecule has 1 unspecified atom stereocenters. The molecule has 2 aliphatic rings. The first-order chi connectivity index (χ1) is 16.0. The maximum atomic E-state index is 13.1. The molecule has 2 atom stereocenters. The predicted molar refractivity (Wildman–Crippen MR) is 134 cm³/mol. The number of hydrogen-bond donors (Lipinski definition) is 2. The van der Waals surface area contributed by atoms with Crippen LogP contribution in [0.4, 0.5) is 11.4 Å². The highest BCUT2D eigenvalue weighted by Gasteiger charge is 2.29. The number of benzene rings is 2. The van der Waals surface area contributed by atoms with Gasteiger partial charge in [-0.3, -0.25) is 4.79 Å². The Balaban J connectivity index is 1.37. The van der Waals surface area contributed by atoms with E-state index in [0.717, 1.165) is 42.9 Å². The van der Waals surface area contributed by atoms with Gasteiger partial charge in [-0.05, 0) is 50.6 Å². The number of rotatable bonds is 8. The number of carbonyl (C=O) groups is 1. The minimum absolute atomic E-state index is 0.0291. The monoisotopic (exact) mass is 469 g/mol. The van der Waals surface area contributed by atoms with Gasteiger partial charge in [0.05, 0.1) is 16.4 Å². The molecule has 2 aliphatic heterocycles. The van der Waals surface area contributed by atoms with E-state index in [0.29, 0.717) is 47.3 Å². The van der Waals surface area contributed by atoms with E-state index in [9.17, 15) is 4.79 Å². The van der Waals surface area contributed by atoms with Gasteiger partial charge in [-0.1, -0.05) is 35.9 Å². The standard InChI is InChI=1S/C26H32ClN3O3/c1-17(12-24(31)20-14-25-26(15-21(20)27)33-11-10-32-25)18-8-9-30(3)19(13-18)16-29-23-7-5-4-6-22(23)28-2/h4-7,14-15,18-19,28-29H,1,8-13,16H2,2-3H3/t18-,19?/m1/s1. The molecule has 6 nitrogen and oxygen atoms in total. The van der Waals surface area contributed by atoms with E-state index in [-0.39, 0.29) is 12.2 Å². The summed E-state index contributed by atoms with van der Waals surface area (Å²) < 4.78 is 11.2. The van der Waals surface area contributed by atoms with E-state index in [1.807, 2.05) is 19.2 Å². The van der Waals surface area contributed by atoms with Gasteiger partial charge < -0.3 is 25.0 Å². The normalized spacial score (nSPS) is 20.2. The Kier molecular flexibility index (Phi) is 7.46. The third kappa shape index (κ3) is 5.45. The minimum Gasteiger partial charge on any atom is -0.486 e. The van der Waals surface area contributed by atoms with Gasteiger partial charge in [0, 0.05) is 37.7 Å². The number of anilines is 2. The fourth-order valence-electron chi connectivity index (χ4n) is 4.58. The average molecular weight is 470 g/mol. The fourth-order valence-corrected chi connectivity index (χ4v) is 4.84. The van der Waals surface area contributed by atoms with Crippen LogP contribution in [-0.4, -0.2) is 57.1 Å². The fraction of sp³-hybridized carbons (Fsp3) is 0.423. The Morgan fingerprint density at radius 1 is 1.18 bits per heavy atom. The van der Waals surface area contributed by atoms with Gasteiger partial charge >= 0.3 is 0 Å². The van der Waals surface area contributed by atoms with Crippen LogP contribution in [0.15, 0.2) is 48.6 Å². The minimum atomic E-state index is -0.0291. The Morgan fingerprint density at radius 2 is 1.88 bits per heavy atom. The van der Waals surface area contributed by atoms with Crippen LogP contribution in [-0.2, 0) is 0 Å². The third-order valence-electron chi connectivity index (χ3n) is 6.63. The number of hydrogen-bond acceptors (Lipinski definition) is 6. The maximum Gasteiger partial charge on any atom is 0.168 e. The highest BCUT2D eigenvalue weighted by atomic mass is 35.5. The number of allylic oxidation sites excluding steroid dienone is 1. The van der Waals surface area contributed by atoms with Gasteiger partial charge in [0.2, 0.25) is 0 Å². The number of carbonyl (C=O) groups excluding carboxylic acids is 1. The van der Waals surface area contributed by atoms with E-state index >= 15 is 0 Å². The zero-order valence-corrected chi connectivity index (χ0v) is 20.1. The highest BCUT2D eigenvalue weighted by Crippen LogP contribution is 2.37.